The minimum absolute atomic E-state index is 0.368. The monoisotopic (exact) mass is 735 g/mol. The molecule has 0 radical (unpaired) electrons. The van der Waals surface area contributed by atoms with Crippen molar-refractivity contribution in [1.82, 2.24) is 0 Å². The van der Waals surface area contributed by atoms with Gasteiger partial charge in [-0.05, 0) is 131 Å². The van der Waals surface area contributed by atoms with Crippen molar-refractivity contribution in [3.63, 3.8) is 0 Å². The maximum absolute atomic E-state index is 2.43. The first-order valence-corrected chi connectivity index (χ1v) is 20.2. The van der Waals surface area contributed by atoms with E-state index in [1.54, 1.807) is 0 Å². The molecule has 0 unspecified atom stereocenters. The first-order chi connectivity index (χ1) is 28.8. The van der Waals surface area contributed by atoms with Crippen molar-refractivity contribution in [2.45, 2.75) is 5.41 Å². The summed E-state index contributed by atoms with van der Waals surface area (Å²) in [6.45, 7) is 0. The zero-order chi connectivity index (χ0) is 38.2. The van der Waals surface area contributed by atoms with E-state index in [9.17, 15) is 0 Å². The topological polar surface area (TPSA) is 3.24 Å². The predicted octanol–water partition coefficient (Wildman–Crippen LogP) is 15.1. The van der Waals surface area contributed by atoms with Crippen LogP contribution < -0.4 is 4.90 Å². The molecular formula is C57H37N. The van der Waals surface area contributed by atoms with Gasteiger partial charge in [-0.2, -0.15) is 0 Å². The summed E-state index contributed by atoms with van der Waals surface area (Å²) in [4.78, 5) is 2.41. The van der Waals surface area contributed by atoms with Crippen LogP contribution in [0, 0.1) is 0 Å². The Morgan fingerprint density at radius 3 is 1.33 bits per heavy atom. The van der Waals surface area contributed by atoms with Crippen molar-refractivity contribution in [3.8, 4) is 44.5 Å². The molecule has 0 aromatic heterocycles. The fourth-order valence-electron chi connectivity index (χ4n) is 10.1. The molecule has 12 rings (SSSR count). The molecular weight excluding hydrogens is 699 g/mol. The lowest BCUT2D eigenvalue weighted by Crippen LogP contribution is -2.25. The number of hydrogen-bond acceptors (Lipinski definition) is 1. The highest BCUT2D eigenvalue weighted by Crippen LogP contribution is 2.63. The molecule has 10 aromatic rings. The van der Waals surface area contributed by atoms with E-state index in [2.05, 4.69) is 229 Å². The maximum atomic E-state index is 2.43. The number of fused-ring (bicyclic) bond motifs is 13. The SMILES string of the molecule is c1ccc(-c2ccc(N(c3ccc(-c4ccc5ccc6ccccc6c5c4)cc3)c3ccc4c(c3)-c3ccccc3C43c4ccccc4-c4ccccc43)cc2)cc1. The van der Waals surface area contributed by atoms with E-state index in [0.717, 1.165) is 17.1 Å². The highest BCUT2D eigenvalue weighted by molar-refractivity contribution is 6.08. The zero-order valence-corrected chi connectivity index (χ0v) is 31.8. The third kappa shape index (κ3) is 4.77. The number of benzene rings is 10. The summed E-state index contributed by atoms with van der Waals surface area (Å²) >= 11 is 0. The van der Waals surface area contributed by atoms with Crippen LogP contribution in [0.5, 0.6) is 0 Å². The molecule has 0 N–H and O–H groups in total. The van der Waals surface area contributed by atoms with Crippen LogP contribution in [0.2, 0.25) is 0 Å². The molecule has 1 nitrogen and oxygen atoms in total. The van der Waals surface area contributed by atoms with Gasteiger partial charge in [-0.15, -0.1) is 0 Å². The molecule has 0 bridgehead atoms. The predicted molar refractivity (Wildman–Crippen MR) is 243 cm³/mol. The summed E-state index contributed by atoms with van der Waals surface area (Å²) in [5.74, 6) is 0. The lowest BCUT2D eigenvalue weighted by atomic mass is 9.70. The molecule has 10 aromatic carbocycles. The van der Waals surface area contributed by atoms with E-state index in [0.29, 0.717) is 0 Å². The number of hydrogen-bond donors (Lipinski definition) is 0. The molecule has 270 valence electrons. The molecule has 1 spiro atoms. The van der Waals surface area contributed by atoms with Gasteiger partial charge in [0.25, 0.3) is 0 Å². The number of anilines is 3. The largest absolute Gasteiger partial charge is 0.310 e. The zero-order valence-electron chi connectivity index (χ0n) is 31.8. The third-order valence-electron chi connectivity index (χ3n) is 12.7. The van der Waals surface area contributed by atoms with Crippen LogP contribution in [0.25, 0.3) is 66.1 Å². The summed E-state index contributed by atoms with van der Waals surface area (Å²) in [5.41, 5.74) is 18.4. The summed E-state index contributed by atoms with van der Waals surface area (Å²) in [6, 6.07) is 83.0. The van der Waals surface area contributed by atoms with E-state index >= 15 is 0 Å². The van der Waals surface area contributed by atoms with E-state index in [-0.39, 0.29) is 5.41 Å². The molecule has 2 aliphatic carbocycles. The number of rotatable bonds is 5. The van der Waals surface area contributed by atoms with E-state index < -0.39 is 0 Å². The minimum atomic E-state index is -0.368. The Kier molecular flexibility index (Phi) is 7.21. The second kappa shape index (κ2) is 12.8. The van der Waals surface area contributed by atoms with Crippen molar-refractivity contribution >= 4 is 38.6 Å². The van der Waals surface area contributed by atoms with E-state index in [1.165, 1.54) is 88.3 Å². The Morgan fingerprint density at radius 1 is 0.259 bits per heavy atom. The summed E-state index contributed by atoms with van der Waals surface area (Å²) in [7, 11) is 0. The Morgan fingerprint density at radius 2 is 0.690 bits per heavy atom. The first kappa shape index (κ1) is 32.7. The van der Waals surface area contributed by atoms with Gasteiger partial charge in [-0.25, -0.2) is 0 Å². The fraction of sp³-hybridized carbons (Fsp3) is 0.0175. The van der Waals surface area contributed by atoms with Crippen LogP contribution in [0.4, 0.5) is 17.1 Å². The minimum Gasteiger partial charge on any atom is -0.310 e. The third-order valence-corrected chi connectivity index (χ3v) is 12.7. The lowest BCUT2D eigenvalue weighted by molar-refractivity contribution is 0.794. The van der Waals surface area contributed by atoms with Crippen LogP contribution in [-0.4, -0.2) is 0 Å². The maximum Gasteiger partial charge on any atom is 0.0725 e. The van der Waals surface area contributed by atoms with Gasteiger partial charge < -0.3 is 4.90 Å². The van der Waals surface area contributed by atoms with Crippen molar-refractivity contribution in [3.05, 3.63) is 247 Å². The molecule has 0 heterocycles. The van der Waals surface area contributed by atoms with Crippen LogP contribution in [0.15, 0.2) is 224 Å². The molecule has 0 saturated heterocycles. The highest BCUT2D eigenvalue weighted by atomic mass is 15.1. The van der Waals surface area contributed by atoms with Gasteiger partial charge in [-0.1, -0.05) is 182 Å². The summed E-state index contributed by atoms with van der Waals surface area (Å²) in [6.07, 6.45) is 0. The second-order valence-corrected chi connectivity index (χ2v) is 15.6. The van der Waals surface area contributed by atoms with Gasteiger partial charge in [0.1, 0.15) is 0 Å². The standard InChI is InChI=1S/C57H37N/c1-2-12-38(13-3-1)39-26-30-44(31-27-39)58(45-32-28-40(29-33-45)43-25-24-42-23-22-41-14-4-5-15-47(41)51(42)36-43)46-34-35-56-52(37-46)50-18-8-11-21-55(50)57(56)53-19-9-6-16-48(53)49-17-7-10-20-54(49)57/h1-37H. The lowest BCUT2D eigenvalue weighted by Gasteiger charge is -2.31. The normalized spacial score (nSPS) is 13.0. The second-order valence-electron chi connectivity index (χ2n) is 15.6. The molecule has 1 heteroatoms. The average molecular weight is 736 g/mol. The van der Waals surface area contributed by atoms with Gasteiger partial charge in [0.05, 0.1) is 5.41 Å². The van der Waals surface area contributed by atoms with E-state index in [4.69, 9.17) is 0 Å². The van der Waals surface area contributed by atoms with Crippen LogP contribution in [-0.2, 0) is 5.41 Å². The van der Waals surface area contributed by atoms with Crippen molar-refractivity contribution < 1.29 is 0 Å². The Balaban J connectivity index is 1.02. The quantitative estimate of drug-likeness (QED) is 0.159. The molecule has 0 amide bonds. The molecule has 58 heavy (non-hydrogen) atoms. The Labute approximate surface area is 338 Å². The van der Waals surface area contributed by atoms with Crippen molar-refractivity contribution in [2.75, 3.05) is 4.90 Å². The van der Waals surface area contributed by atoms with Gasteiger partial charge >= 0.3 is 0 Å². The van der Waals surface area contributed by atoms with Crippen molar-refractivity contribution in [2.24, 2.45) is 0 Å². The van der Waals surface area contributed by atoms with Crippen LogP contribution in [0.3, 0.4) is 0 Å². The molecule has 0 aliphatic heterocycles. The first-order valence-electron chi connectivity index (χ1n) is 20.2. The van der Waals surface area contributed by atoms with Gasteiger partial charge in [0.15, 0.2) is 0 Å². The molecule has 0 atom stereocenters. The highest BCUT2D eigenvalue weighted by Gasteiger charge is 2.51. The number of nitrogens with zero attached hydrogens (tertiary/aromatic N) is 1. The van der Waals surface area contributed by atoms with Crippen LogP contribution in [0.1, 0.15) is 22.3 Å². The fourth-order valence-corrected chi connectivity index (χ4v) is 10.1. The average Bonchev–Trinajstić information content (AvgIpc) is 3.77. The Bertz CT molecular complexity index is 3170. The summed E-state index contributed by atoms with van der Waals surface area (Å²) < 4.78 is 0. The summed E-state index contributed by atoms with van der Waals surface area (Å²) in [5, 5.41) is 5.09. The van der Waals surface area contributed by atoms with Gasteiger partial charge in [0.2, 0.25) is 0 Å². The molecule has 2 aliphatic rings. The van der Waals surface area contributed by atoms with Crippen LogP contribution >= 0.6 is 0 Å². The Hall–Kier alpha value is -7.48. The molecule has 0 fully saturated rings. The smallest absolute Gasteiger partial charge is 0.0725 e. The van der Waals surface area contributed by atoms with Crippen molar-refractivity contribution in [1.29, 1.82) is 0 Å². The van der Waals surface area contributed by atoms with Gasteiger partial charge in [-0.3, -0.25) is 0 Å². The van der Waals surface area contributed by atoms with Gasteiger partial charge in [0, 0.05) is 17.1 Å². The van der Waals surface area contributed by atoms with E-state index in [1.807, 2.05) is 0 Å². The molecule has 0 saturated carbocycles.